The fraction of sp³-hybridized carbons (Fsp3) is 0.941. The molecule has 5 heteroatoms. The minimum atomic E-state index is -3.30. The standard InChI is InChI=1S/C17H33O4P/c1-6-8-10-20-22(19,21-11-9-7-2)17(5)13-15(18)12-16(3,4)14-17/h6-14H2,1-5H3/t17-/m0/s1. The second kappa shape index (κ2) is 8.08. The van der Waals surface area contributed by atoms with Crippen molar-refractivity contribution in [2.24, 2.45) is 5.41 Å². The summed E-state index contributed by atoms with van der Waals surface area (Å²) in [6.07, 6.45) is 5.22. The van der Waals surface area contributed by atoms with Crippen molar-refractivity contribution in [2.45, 2.75) is 84.7 Å². The van der Waals surface area contributed by atoms with E-state index in [1.165, 1.54) is 0 Å². The molecular weight excluding hydrogens is 299 g/mol. The van der Waals surface area contributed by atoms with Gasteiger partial charge in [0.2, 0.25) is 0 Å². The Morgan fingerprint density at radius 1 is 1.00 bits per heavy atom. The Labute approximate surface area is 135 Å². The highest BCUT2D eigenvalue weighted by atomic mass is 31.2. The number of carbonyl (C=O) groups excluding carboxylic acids is 1. The first-order valence-electron chi connectivity index (χ1n) is 8.59. The Balaban J connectivity index is 2.96. The average Bonchev–Trinajstić information content (AvgIpc) is 2.36. The maximum Gasteiger partial charge on any atom is 0.336 e. The number of Topliss-reactive ketones (excluding diaryl/α,β-unsaturated/α-hetero) is 1. The molecule has 1 rings (SSSR count). The molecule has 1 aliphatic rings. The van der Waals surface area contributed by atoms with Crippen LogP contribution in [-0.4, -0.2) is 24.2 Å². The summed E-state index contributed by atoms with van der Waals surface area (Å²) >= 11 is 0. The molecule has 0 amide bonds. The molecule has 0 aromatic rings. The smallest absolute Gasteiger partial charge is 0.308 e. The molecule has 0 unspecified atom stereocenters. The molecule has 0 heterocycles. The third-order valence-electron chi connectivity index (χ3n) is 4.29. The number of rotatable bonds is 9. The fourth-order valence-electron chi connectivity index (χ4n) is 3.38. The van der Waals surface area contributed by atoms with Crippen molar-refractivity contribution in [1.82, 2.24) is 0 Å². The van der Waals surface area contributed by atoms with Gasteiger partial charge in [-0.15, -0.1) is 0 Å². The lowest BCUT2D eigenvalue weighted by atomic mass is 9.72. The number of hydrogen-bond donors (Lipinski definition) is 0. The monoisotopic (exact) mass is 332 g/mol. The molecule has 1 atom stereocenters. The highest BCUT2D eigenvalue weighted by Crippen LogP contribution is 2.66. The summed E-state index contributed by atoms with van der Waals surface area (Å²) in [6, 6.07) is 0. The summed E-state index contributed by atoms with van der Waals surface area (Å²) in [5.74, 6) is 0.164. The van der Waals surface area contributed by atoms with Crippen molar-refractivity contribution in [2.75, 3.05) is 13.2 Å². The first-order valence-corrected chi connectivity index (χ1v) is 10.1. The Bertz CT molecular complexity index is 405. The summed E-state index contributed by atoms with van der Waals surface area (Å²) in [6.45, 7) is 11.0. The van der Waals surface area contributed by atoms with Gasteiger partial charge in [0.05, 0.1) is 18.4 Å². The van der Waals surface area contributed by atoms with Crippen LogP contribution in [0.1, 0.15) is 79.6 Å². The topological polar surface area (TPSA) is 52.6 Å². The highest BCUT2D eigenvalue weighted by molar-refractivity contribution is 7.55. The summed E-state index contributed by atoms with van der Waals surface area (Å²) in [5, 5.41) is -0.701. The summed E-state index contributed by atoms with van der Waals surface area (Å²) in [4.78, 5) is 12.2. The molecule has 0 N–H and O–H groups in total. The molecule has 1 aliphatic carbocycles. The second-order valence-corrected chi connectivity index (χ2v) is 10.2. The summed E-state index contributed by atoms with van der Waals surface area (Å²) < 4.78 is 25.0. The number of unbranched alkanes of at least 4 members (excludes halogenated alkanes) is 2. The second-order valence-electron chi connectivity index (χ2n) is 7.60. The first-order chi connectivity index (χ1) is 10.2. The zero-order valence-electron chi connectivity index (χ0n) is 14.9. The van der Waals surface area contributed by atoms with Crippen LogP contribution in [0.4, 0.5) is 0 Å². The normalized spacial score (nSPS) is 25.4. The van der Waals surface area contributed by atoms with Gasteiger partial charge in [-0.3, -0.25) is 9.36 Å². The molecule has 0 aromatic carbocycles. The van der Waals surface area contributed by atoms with Crippen molar-refractivity contribution >= 4 is 13.4 Å². The van der Waals surface area contributed by atoms with E-state index in [0.29, 0.717) is 32.5 Å². The van der Waals surface area contributed by atoms with Crippen LogP contribution in [0.3, 0.4) is 0 Å². The molecule has 0 saturated heterocycles. The van der Waals surface area contributed by atoms with Crippen LogP contribution >= 0.6 is 7.60 Å². The van der Waals surface area contributed by atoms with Gasteiger partial charge in [-0.25, -0.2) is 0 Å². The van der Waals surface area contributed by atoms with Crippen LogP contribution in [0.15, 0.2) is 0 Å². The van der Waals surface area contributed by atoms with E-state index in [4.69, 9.17) is 9.05 Å². The Morgan fingerprint density at radius 3 is 1.91 bits per heavy atom. The average molecular weight is 332 g/mol. The van der Waals surface area contributed by atoms with Gasteiger partial charge in [0.15, 0.2) is 0 Å². The van der Waals surface area contributed by atoms with Gasteiger partial charge in [0, 0.05) is 12.8 Å². The lowest BCUT2D eigenvalue weighted by Crippen LogP contribution is -2.41. The van der Waals surface area contributed by atoms with E-state index >= 15 is 0 Å². The summed E-state index contributed by atoms with van der Waals surface area (Å²) in [7, 11) is -3.30. The number of carbonyl (C=O) groups is 1. The van der Waals surface area contributed by atoms with Gasteiger partial charge in [0.25, 0.3) is 0 Å². The van der Waals surface area contributed by atoms with Crippen LogP contribution in [0.5, 0.6) is 0 Å². The van der Waals surface area contributed by atoms with Gasteiger partial charge in [0.1, 0.15) is 5.78 Å². The van der Waals surface area contributed by atoms with Crippen molar-refractivity contribution in [3.8, 4) is 0 Å². The van der Waals surface area contributed by atoms with Gasteiger partial charge in [-0.05, 0) is 31.6 Å². The zero-order chi connectivity index (χ0) is 16.9. The lowest BCUT2D eigenvalue weighted by Gasteiger charge is -2.44. The van der Waals surface area contributed by atoms with E-state index in [9.17, 15) is 9.36 Å². The van der Waals surface area contributed by atoms with Crippen LogP contribution < -0.4 is 0 Å². The quantitative estimate of drug-likeness (QED) is 0.422. The third-order valence-corrected chi connectivity index (χ3v) is 6.98. The van der Waals surface area contributed by atoms with E-state index in [1.54, 1.807) is 0 Å². The zero-order valence-corrected chi connectivity index (χ0v) is 15.8. The molecule has 0 bridgehead atoms. The largest absolute Gasteiger partial charge is 0.336 e. The van der Waals surface area contributed by atoms with E-state index in [-0.39, 0.29) is 11.2 Å². The van der Waals surface area contributed by atoms with Gasteiger partial charge < -0.3 is 9.05 Å². The van der Waals surface area contributed by atoms with Gasteiger partial charge in [-0.2, -0.15) is 0 Å². The van der Waals surface area contributed by atoms with Gasteiger partial charge >= 0.3 is 7.60 Å². The molecule has 0 spiro atoms. The molecular formula is C17H33O4P. The fourth-order valence-corrected chi connectivity index (χ4v) is 5.81. The van der Waals surface area contributed by atoms with E-state index < -0.39 is 12.8 Å². The number of hydrogen-bond acceptors (Lipinski definition) is 4. The van der Waals surface area contributed by atoms with E-state index in [2.05, 4.69) is 27.7 Å². The van der Waals surface area contributed by atoms with Crippen molar-refractivity contribution < 1.29 is 18.4 Å². The van der Waals surface area contributed by atoms with Crippen LogP contribution in [0.2, 0.25) is 0 Å². The molecule has 1 fully saturated rings. The predicted molar refractivity (Wildman–Crippen MR) is 90.4 cm³/mol. The summed E-state index contributed by atoms with van der Waals surface area (Å²) in [5.41, 5.74) is -0.151. The molecule has 0 aliphatic heterocycles. The van der Waals surface area contributed by atoms with Crippen molar-refractivity contribution in [1.29, 1.82) is 0 Å². The molecule has 4 nitrogen and oxygen atoms in total. The molecule has 0 aromatic heterocycles. The maximum absolute atomic E-state index is 13.5. The van der Waals surface area contributed by atoms with Crippen molar-refractivity contribution in [3.05, 3.63) is 0 Å². The molecule has 1 saturated carbocycles. The Hall–Kier alpha value is -0.180. The molecule has 0 radical (unpaired) electrons. The maximum atomic E-state index is 13.5. The highest BCUT2D eigenvalue weighted by Gasteiger charge is 2.54. The van der Waals surface area contributed by atoms with Crippen LogP contribution in [0, 0.1) is 5.41 Å². The number of ketones is 1. The Morgan fingerprint density at radius 2 is 1.50 bits per heavy atom. The first kappa shape index (κ1) is 19.9. The minimum absolute atomic E-state index is 0.151. The van der Waals surface area contributed by atoms with Gasteiger partial charge in [-0.1, -0.05) is 40.5 Å². The SMILES string of the molecule is CCCCOP(=O)(OCCCC)[C@@]1(C)CC(=O)CC(C)(C)C1. The predicted octanol–water partition coefficient (Wildman–Crippen LogP) is 5.35. The third kappa shape index (κ3) is 5.18. The van der Waals surface area contributed by atoms with Crippen molar-refractivity contribution in [3.63, 3.8) is 0 Å². The van der Waals surface area contributed by atoms with Crippen LogP contribution in [-0.2, 0) is 18.4 Å². The molecule has 130 valence electrons. The van der Waals surface area contributed by atoms with E-state index in [0.717, 1.165) is 25.7 Å². The minimum Gasteiger partial charge on any atom is -0.308 e. The molecule has 22 heavy (non-hydrogen) atoms. The lowest BCUT2D eigenvalue weighted by molar-refractivity contribution is -0.124. The van der Waals surface area contributed by atoms with Crippen LogP contribution in [0.25, 0.3) is 0 Å². The Kier molecular flexibility index (Phi) is 7.29. The van der Waals surface area contributed by atoms with E-state index in [1.807, 2.05) is 6.92 Å².